The van der Waals surface area contributed by atoms with E-state index in [9.17, 15) is 4.39 Å². The van der Waals surface area contributed by atoms with Crippen molar-refractivity contribution in [2.24, 2.45) is 5.73 Å². The number of aromatic nitrogens is 2. The molecule has 2 rings (SSSR count). The van der Waals surface area contributed by atoms with E-state index in [0.29, 0.717) is 17.3 Å². The Kier molecular flexibility index (Phi) is 2.47. The average molecular weight is 207 g/mol. The Morgan fingerprint density at radius 2 is 2.27 bits per heavy atom. The molecule has 0 atom stereocenters. The number of benzene rings is 1. The molecule has 4 nitrogen and oxygen atoms in total. The summed E-state index contributed by atoms with van der Waals surface area (Å²) in [5.74, 6) is 0.379. The van der Waals surface area contributed by atoms with Crippen LogP contribution in [0.2, 0.25) is 0 Å². The predicted molar refractivity (Wildman–Crippen MR) is 52.3 cm³/mol. The average Bonchev–Trinajstić information content (AvgIpc) is 2.70. The van der Waals surface area contributed by atoms with E-state index in [-0.39, 0.29) is 12.4 Å². The Morgan fingerprint density at radius 1 is 1.47 bits per heavy atom. The fourth-order valence-electron chi connectivity index (χ4n) is 1.27. The highest BCUT2D eigenvalue weighted by molar-refractivity contribution is 5.57. The van der Waals surface area contributed by atoms with Crippen LogP contribution in [0.1, 0.15) is 11.4 Å². The minimum atomic E-state index is -0.330. The summed E-state index contributed by atoms with van der Waals surface area (Å²) in [7, 11) is 0. The lowest BCUT2D eigenvalue weighted by atomic mass is 10.1. The summed E-state index contributed by atoms with van der Waals surface area (Å²) in [6.45, 7) is 2.05. The van der Waals surface area contributed by atoms with Gasteiger partial charge in [-0.1, -0.05) is 11.2 Å². The van der Waals surface area contributed by atoms with E-state index in [0.717, 1.165) is 5.56 Å². The number of nitrogens with two attached hydrogens (primary N) is 1. The summed E-state index contributed by atoms with van der Waals surface area (Å²) in [6, 6.07) is 4.42. The summed E-state index contributed by atoms with van der Waals surface area (Å²) in [4.78, 5) is 4.03. The van der Waals surface area contributed by atoms with Gasteiger partial charge in [-0.2, -0.15) is 4.98 Å². The molecule has 0 fully saturated rings. The third kappa shape index (κ3) is 1.87. The Balaban J connectivity index is 2.48. The van der Waals surface area contributed by atoms with Crippen LogP contribution in [-0.2, 0) is 6.54 Å². The molecule has 0 saturated heterocycles. The summed E-state index contributed by atoms with van der Waals surface area (Å²) in [5.41, 5.74) is 6.83. The molecule has 0 aliphatic carbocycles. The van der Waals surface area contributed by atoms with Crippen LogP contribution in [-0.4, -0.2) is 10.1 Å². The molecule has 78 valence electrons. The van der Waals surface area contributed by atoms with E-state index in [2.05, 4.69) is 10.1 Å². The van der Waals surface area contributed by atoms with Crippen LogP contribution < -0.4 is 5.73 Å². The van der Waals surface area contributed by atoms with Crippen LogP contribution in [0, 0.1) is 12.7 Å². The zero-order chi connectivity index (χ0) is 10.8. The third-order valence-corrected chi connectivity index (χ3v) is 2.08. The lowest BCUT2D eigenvalue weighted by Gasteiger charge is -1.99. The summed E-state index contributed by atoms with van der Waals surface area (Å²) in [6.07, 6.45) is 0. The van der Waals surface area contributed by atoms with Gasteiger partial charge in [0.15, 0.2) is 5.82 Å². The number of halogens is 1. The molecule has 1 aromatic heterocycles. The maximum atomic E-state index is 13.0. The molecular formula is C10H10FN3O. The molecule has 0 radical (unpaired) electrons. The highest BCUT2D eigenvalue weighted by atomic mass is 19.1. The zero-order valence-corrected chi connectivity index (χ0v) is 8.20. The van der Waals surface area contributed by atoms with Crippen molar-refractivity contribution in [1.29, 1.82) is 0 Å². The number of aryl methyl sites for hydroxylation is 1. The first kappa shape index (κ1) is 9.79. The summed E-state index contributed by atoms with van der Waals surface area (Å²) >= 11 is 0. The Morgan fingerprint density at radius 3 is 2.93 bits per heavy atom. The lowest BCUT2D eigenvalue weighted by Crippen LogP contribution is -1.97. The van der Waals surface area contributed by atoms with Crippen LogP contribution >= 0.6 is 0 Å². The van der Waals surface area contributed by atoms with Gasteiger partial charge in [-0.3, -0.25) is 0 Å². The van der Waals surface area contributed by atoms with Gasteiger partial charge < -0.3 is 10.3 Å². The molecule has 0 aliphatic rings. The van der Waals surface area contributed by atoms with Gasteiger partial charge in [0, 0.05) is 5.56 Å². The van der Waals surface area contributed by atoms with E-state index in [1.165, 1.54) is 12.1 Å². The van der Waals surface area contributed by atoms with Crippen LogP contribution in [0.25, 0.3) is 11.5 Å². The minimum Gasteiger partial charge on any atom is -0.334 e. The predicted octanol–water partition coefficient (Wildman–Crippen LogP) is 1.64. The van der Waals surface area contributed by atoms with Crippen molar-refractivity contribution in [1.82, 2.24) is 10.1 Å². The lowest BCUT2D eigenvalue weighted by molar-refractivity contribution is 0.422. The highest BCUT2D eigenvalue weighted by Crippen LogP contribution is 2.22. The number of nitrogens with zero attached hydrogens (tertiary/aromatic N) is 2. The van der Waals surface area contributed by atoms with Crippen LogP contribution in [0.4, 0.5) is 4.39 Å². The van der Waals surface area contributed by atoms with Crippen LogP contribution in [0.15, 0.2) is 22.7 Å². The van der Waals surface area contributed by atoms with Gasteiger partial charge in [0.25, 0.3) is 5.89 Å². The van der Waals surface area contributed by atoms with Gasteiger partial charge in [0.1, 0.15) is 5.82 Å². The SMILES string of the molecule is Cc1ccc(F)cc1-c1nc(CN)no1. The van der Waals surface area contributed by atoms with Gasteiger partial charge in [-0.25, -0.2) is 4.39 Å². The Bertz CT molecular complexity index is 481. The quantitative estimate of drug-likeness (QED) is 0.813. The molecule has 2 aromatic rings. The van der Waals surface area contributed by atoms with Gasteiger partial charge in [-0.15, -0.1) is 0 Å². The molecule has 0 saturated carbocycles. The fraction of sp³-hybridized carbons (Fsp3) is 0.200. The Hall–Kier alpha value is -1.75. The largest absolute Gasteiger partial charge is 0.334 e. The van der Waals surface area contributed by atoms with Gasteiger partial charge in [-0.05, 0) is 24.6 Å². The van der Waals surface area contributed by atoms with Crippen LogP contribution in [0.3, 0.4) is 0 Å². The van der Waals surface area contributed by atoms with Gasteiger partial charge in [0.2, 0.25) is 0 Å². The van der Waals surface area contributed by atoms with E-state index < -0.39 is 0 Å². The van der Waals surface area contributed by atoms with E-state index >= 15 is 0 Å². The normalized spacial score (nSPS) is 10.6. The van der Waals surface area contributed by atoms with Crippen molar-refractivity contribution < 1.29 is 8.91 Å². The van der Waals surface area contributed by atoms with E-state index in [1.807, 2.05) is 6.92 Å². The molecule has 1 heterocycles. The van der Waals surface area contributed by atoms with Crippen molar-refractivity contribution in [2.75, 3.05) is 0 Å². The molecule has 0 aliphatic heterocycles. The molecule has 5 heteroatoms. The monoisotopic (exact) mass is 207 g/mol. The Labute approximate surface area is 85.9 Å². The van der Waals surface area contributed by atoms with Crippen molar-refractivity contribution in [2.45, 2.75) is 13.5 Å². The second-order valence-corrected chi connectivity index (χ2v) is 3.18. The molecule has 2 N–H and O–H groups in total. The molecule has 0 unspecified atom stereocenters. The molecule has 0 bridgehead atoms. The van der Waals surface area contributed by atoms with Crippen molar-refractivity contribution in [3.05, 3.63) is 35.4 Å². The second-order valence-electron chi connectivity index (χ2n) is 3.18. The maximum Gasteiger partial charge on any atom is 0.258 e. The summed E-state index contributed by atoms with van der Waals surface area (Å²) in [5, 5.41) is 3.65. The minimum absolute atomic E-state index is 0.206. The van der Waals surface area contributed by atoms with Crippen molar-refractivity contribution in [3.8, 4) is 11.5 Å². The topological polar surface area (TPSA) is 64.9 Å². The zero-order valence-electron chi connectivity index (χ0n) is 8.20. The second kappa shape index (κ2) is 3.78. The third-order valence-electron chi connectivity index (χ3n) is 2.08. The fourth-order valence-corrected chi connectivity index (χ4v) is 1.27. The first-order valence-electron chi connectivity index (χ1n) is 4.50. The van der Waals surface area contributed by atoms with Gasteiger partial charge in [0.05, 0.1) is 6.54 Å². The van der Waals surface area contributed by atoms with Gasteiger partial charge >= 0.3 is 0 Å². The number of hydrogen-bond acceptors (Lipinski definition) is 4. The first-order chi connectivity index (χ1) is 7.20. The van der Waals surface area contributed by atoms with Crippen molar-refractivity contribution >= 4 is 0 Å². The molecule has 15 heavy (non-hydrogen) atoms. The maximum absolute atomic E-state index is 13.0. The van der Waals surface area contributed by atoms with Crippen LogP contribution in [0.5, 0.6) is 0 Å². The first-order valence-corrected chi connectivity index (χ1v) is 4.50. The molecule has 1 aromatic carbocycles. The standard InChI is InChI=1S/C10H10FN3O/c1-6-2-3-7(11)4-8(6)10-13-9(5-12)14-15-10/h2-4H,5,12H2,1H3. The number of hydrogen-bond donors (Lipinski definition) is 1. The molecular weight excluding hydrogens is 197 g/mol. The molecule has 0 spiro atoms. The van der Waals surface area contributed by atoms with Crippen molar-refractivity contribution in [3.63, 3.8) is 0 Å². The number of rotatable bonds is 2. The van der Waals surface area contributed by atoms with E-state index in [1.54, 1.807) is 6.07 Å². The summed E-state index contributed by atoms with van der Waals surface area (Å²) < 4.78 is 18.0. The van der Waals surface area contributed by atoms with E-state index in [4.69, 9.17) is 10.3 Å². The molecule has 0 amide bonds. The smallest absolute Gasteiger partial charge is 0.258 e. The highest BCUT2D eigenvalue weighted by Gasteiger charge is 2.10.